The molecule has 1 N–H and O–H groups in total. The van der Waals surface area contributed by atoms with Gasteiger partial charge < -0.3 is 5.32 Å². The number of aryl methyl sites for hydroxylation is 1. The predicted octanol–water partition coefficient (Wildman–Crippen LogP) is 5.20. The van der Waals surface area contributed by atoms with Gasteiger partial charge in [-0.05, 0) is 69.8 Å². The molecule has 0 saturated carbocycles. The highest BCUT2D eigenvalue weighted by molar-refractivity contribution is 9.11. The average molecular weight is 392 g/mol. The highest BCUT2D eigenvalue weighted by Crippen LogP contribution is 2.36. The first-order valence-corrected chi connectivity index (χ1v) is 8.46. The van der Waals surface area contributed by atoms with Gasteiger partial charge in [-0.3, -0.25) is 4.99 Å². The van der Waals surface area contributed by atoms with E-state index in [0.29, 0.717) is 0 Å². The predicted molar refractivity (Wildman–Crippen MR) is 88.8 cm³/mol. The number of rotatable bonds is 2. The number of nitrogens with zero attached hydrogens (tertiary/aromatic N) is 1. The molecule has 2 rings (SSSR count). The van der Waals surface area contributed by atoms with Gasteiger partial charge in [0.05, 0.1) is 11.2 Å². The molecular formula is C13H16Br2N2S. The van der Waals surface area contributed by atoms with Crippen LogP contribution in [0.2, 0.25) is 0 Å². The van der Waals surface area contributed by atoms with Crippen LogP contribution in [0.3, 0.4) is 0 Å². The summed E-state index contributed by atoms with van der Waals surface area (Å²) in [7, 11) is 0. The fourth-order valence-corrected chi connectivity index (χ4v) is 4.49. The standard InChI is InChI=1S/C13H16Br2N2S/c1-4-13(3)7-18-12(17-13)16-11-9(14)5-8(2)6-10(11)15/h5-6H,4,7H2,1-3H3,(H,16,17). The second-order valence-corrected chi connectivity index (χ2v) is 7.46. The summed E-state index contributed by atoms with van der Waals surface area (Å²) >= 11 is 8.98. The number of anilines is 1. The van der Waals surface area contributed by atoms with E-state index in [0.717, 1.165) is 32.0 Å². The van der Waals surface area contributed by atoms with Gasteiger partial charge in [0, 0.05) is 14.7 Å². The molecule has 0 aromatic heterocycles. The summed E-state index contributed by atoms with van der Waals surface area (Å²) in [5, 5.41) is 4.42. The molecule has 0 fully saturated rings. The Morgan fingerprint density at radius 3 is 2.50 bits per heavy atom. The number of thioether (sulfide) groups is 1. The molecule has 0 saturated heterocycles. The summed E-state index contributed by atoms with van der Waals surface area (Å²) in [4.78, 5) is 4.77. The molecule has 5 heteroatoms. The van der Waals surface area contributed by atoms with Crippen LogP contribution in [-0.4, -0.2) is 16.5 Å². The Bertz CT molecular complexity index is 479. The molecule has 2 nitrogen and oxygen atoms in total. The van der Waals surface area contributed by atoms with E-state index in [1.165, 1.54) is 5.56 Å². The fourth-order valence-electron chi connectivity index (χ4n) is 1.70. The van der Waals surface area contributed by atoms with Crippen LogP contribution >= 0.6 is 43.6 Å². The normalized spacial score (nSPS) is 23.1. The minimum absolute atomic E-state index is 0.0800. The molecule has 0 radical (unpaired) electrons. The number of halogens is 2. The zero-order valence-electron chi connectivity index (χ0n) is 10.7. The lowest BCUT2D eigenvalue weighted by Gasteiger charge is -2.15. The van der Waals surface area contributed by atoms with Gasteiger partial charge >= 0.3 is 0 Å². The molecule has 1 aromatic rings. The van der Waals surface area contributed by atoms with E-state index in [9.17, 15) is 0 Å². The molecule has 1 aromatic carbocycles. The number of hydrogen-bond acceptors (Lipinski definition) is 3. The van der Waals surface area contributed by atoms with E-state index >= 15 is 0 Å². The molecule has 0 amide bonds. The first kappa shape index (κ1) is 14.4. The first-order chi connectivity index (χ1) is 8.43. The van der Waals surface area contributed by atoms with Crippen molar-refractivity contribution in [1.82, 2.24) is 0 Å². The number of aliphatic imine (C=N–C) groups is 1. The molecule has 18 heavy (non-hydrogen) atoms. The van der Waals surface area contributed by atoms with Gasteiger partial charge in [-0.25, -0.2) is 0 Å². The van der Waals surface area contributed by atoms with Crippen LogP contribution in [0.15, 0.2) is 26.1 Å². The second kappa shape index (κ2) is 5.55. The highest BCUT2D eigenvalue weighted by Gasteiger charge is 2.29. The van der Waals surface area contributed by atoms with Crippen molar-refractivity contribution in [3.8, 4) is 0 Å². The maximum atomic E-state index is 4.77. The molecule has 1 aliphatic heterocycles. The summed E-state index contributed by atoms with van der Waals surface area (Å²) in [5.41, 5.74) is 2.35. The van der Waals surface area contributed by atoms with Crippen molar-refractivity contribution in [2.75, 3.05) is 11.1 Å². The van der Waals surface area contributed by atoms with Gasteiger partial charge in [0.15, 0.2) is 5.17 Å². The average Bonchev–Trinajstić information content (AvgIpc) is 2.66. The Morgan fingerprint density at radius 1 is 1.39 bits per heavy atom. The minimum atomic E-state index is 0.0800. The molecular weight excluding hydrogens is 376 g/mol. The number of hydrogen-bond donors (Lipinski definition) is 1. The Morgan fingerprint density at radius 2 is 2.00 bits per heavy atom. The Balaban J connectivity index is 2.24. The molecule has 1 unspecified atom stereocenters. The fraction of sp³-hybridized carbons (Fsp3) is 0.462. The van der Waals surface area contributed by atoms with Crippen molar-refractivity contribution < 1.29 is 0 Å². The number of amidine groups is 1. The van der Waals surface area contributed by atoms with Gasteiger partial charge in [0.1, 0.15) is 0 Å². The SMILES string of the molecule is CCC1(C)CSC(Nc2c(Br)cc(C)cc2Br)=N1. The van der Waals surface area contributed by atoms with Gasteiger partial charge in [-0.1, -0.05) is 18.7 Å². The Labute approximate surface area is 129 Å². The second-order valence-electron chi connectivity index (χ2n) is 4.78. The van der Waals surface area contributed by atoms with Crippen LogP contribution in [-0.2, 0) is 0 Å². The van der Waals surface area contributed by atoms with Crippen LogP contribution in [0.5, 0.6) is 0 Å². The van der Waals surface area contributed by atoms with Crippen molar-refractivity contribution in [3.63, 3.8) is 0 Å². The lowest BCUT2D eigenvalue weighted by atomic mass is 10.0. The number of benzene rings is 1. The summed E-state index contributed by atoms with van der Waals surface area (Å²) in [6.07, 6.45) is 1.07. The summed E-state index contributed by atoms with van der Waals surface area (Å²) in [5.74, 6) is 1.05. The summed E-state index contributed by atoms with van der Waals surface area (Å²) in [6, 6.07) is 4.21. The lowest BCUT2D eigenvalue weighted by molar-refractivity contribution is 0.523. The largest absolute Gasteiger partial charge is 0.333 e. The van der Waals surface area contributed by atoms with E-state index in [1.54, 1.807) is 11.8 Å². The van der Waals surface area contributed by atoms with Crippen molar-refractivity contribution in [1.29, 1.82) is 0 Å². The van der Waals surface area contributed by atoms with E-state index in [-0.39, 0.29) is 5.54 Å². The molecule has 0 bridgehead atoms. The van der Waals surface area contributed by atoms with Gasteiger partial charge in [0.25, 0.3) is 0 Å². The first-order valence-electron chi connectivity index (χ1n) is 5.89. The molecule has 1 atom stereocenters. The third-order valence-corrected chi connectivity index (χ3v) is 5.56. The highest BCUT2D eigenvalue weighted by atomic mass is 79.9. The van der Waals surface area contributed by atoms with E-state index in [4.69, 9.17) is 4.99 Å². The van der Waals surface area contributed by atoms with Crippen molar-refractivity contribution in [2.45, 2.75) is 32.7 Å². The number of nitrogens with one attached hydrogen (secondary N) is 1. The van der Waals surface area contributed by atoms with Crippen LogP contribution in [0, 0.1) is 6.92 Å². The van der Waals surface area contributed by atoms with Crippen molar-refractivity contribution in [3.05, 3.63) is 26.6 Å². The molecule has 1 aliphatic rings. The van der Waals surface area contributed by atoms with Gasteiger partial charge in [-0.15, -0.1) is 0 Å². The van der Waals surface area contributed by atoms with Crippen molar-refractivity contribution in [2.24, 2.45) is 4.99 Å². The van der Waals surface area contributed by atoms with Crippen molar-refractivity contribution >= 4 is 54.5 Å². The molecule has 1 heterocycles. The maximum absolute atomic E-state index is 4.77. The van der Waals surface area contributed by atoms with Gasteiger partial charge in [-0.2, -0.15) is 0 Å². The minimum Gasteiger partial charge on any atom is -0.333 e. The maximum Gasteiger partial charge on any atom is 0.161 e. The summed E-state index contributed by atoms with van der Waals surface area (Å²) in [6.45, 7) is 6.47. The summed E-state index contributed by atoms with van der Waals surface area (Å²) < 4.78 is 2.12. The topological polar surface area (TPSA) is 24.4 Å². The van der Waals surface area contributed by atoms with Crippen LogP contribution in [0.25, 0.3) is 0 Å². The zero-order valence-corrected chi connectivity index (χ0v) is 14.7. The Kier molecular flexibility index (Phi) is 4.44. The van der Waals surface area contributed by atoms with E-state index in [1.807, 2.05) is 0 Å². The third kappa shape index (κ3) is 3.11. The lowest BCUT2D eigenvalue weighted by Crippen LogP contribution is -2.20. The molecule has 98 valence electrons. The molecule has 0 spiro atoms. The van der Waals surface area contributed by atoms with Crippen LogP contribution in [0.4, 0.5) is 5.69 Å². The quantitative estimate of drug-likeness (QED) is 0.748. The van der Waals surface area contributed by atoms with Crippen LogP contribution < -0.4 is 5.32 Å². The Hall–Kier alpha value is -0.000000000000000111. The van der Waals surface area contributed by atoms with Gasteiger partial charge in [0.2, 0.25) is 0 Å². The van der Waals surface area contributed by atoms with E-state index < -0.39 is 0 Å². The zero-order chi connectivity index (χ0) is 13.3. The smallest absolute Gasteiger partial charge is 0.161 e. The molecule has 0 aliphatic carbocycles. The van der Waals surface area contributed by atoms with E-state index in [2.05, 4.69) is 70.1 Å². The monoisotopic (exact) mass is 390 g/mol. The third-order valence-electron chi connectivity index (χ3n) is 3.07. The van der Waals surface area contributed by atoms with Crippen LogP contribution in [0.1, 0.15) is 25.8 Å².